The van der Waals surface area contributed by atoms with Gasteiger partial charge in [0.05, 0.1) is 13.1 Å². The van der Waals surface area contributed by atoms with Gasteiger partial charge in [-0.15, -0.1) is 0 Å². The van der Waals surface area contributed by atoms with Gasteiger partial charge in [0.2, 0.25) is 23.6 Å². The molecule has 0 unspecified atom stereocenters. The summed E-state index contributed by atoms with van der Waals surface area (Å²) in [4.78, 5) is 62.9. The Labute approximate surface area is 243 Å². The van der Waals surface area contributed by atoms with Gasteiger partial charge in [0.25, 0.3) is 0 Å². The molecule has 0 aliphatic rings. The Morgan fingerprint density at radius 3 is 1.40 bits per heavy atom. The number of hydrogen-bond donors (Lipinski definition) is 6. The van der Waals surface area contributed by atoms with Crippen LogP contribution in [0, 0.1) is 0 Å². The standard InChI is InChI=1S/C31H35N5O6/c32-19-27(37)34-25(17-22-12-6-2-7-13-22)30(40)36-24(16-21-10-4-1-5-11-21)29(39)33-20-28(38)35-26(31(41)42)18-23-14-8-3-9-15-23/h1-15,24-26H,16-20,32H2,(H,33,39)(H,34,37)(H,35,38)(H,36,40)(H,41,42)/t24-,25-,26-/m1/s1. The molecule has 11 heteroatoms. The third-order valence-corrected chi connectivity index (χ3v) is 6.37. The molecule has 42 heavy (non-hydrogen) atoms. The van der Waals surface area contributed by atoms with E-state index >= 15 is 0 Å². The van der Waals surface area contributed by atoms with Crippen LogP contribution in [0.2, 0.25) is 0 Å². The second-order valence-corrected chi connectivity index (χ2v) is 9.63. The average molecular weight is 574 g/mol. The van der Waals surface area contributed by atoms with Crippen molar-refractivity contribution >= 4 is 29.6 Å². The monoisotopic (exact) mass is 573 g/mol. The fraction of sp³-hybridized carbons (Fsp3) is 0.258. The van der Waals surface area contributed by atoms with Crippen LogP contribution in [0.4, 0.5) is 0 Å². The molecule has 3 aromatic rings. The number of carboxylic acid groups (broad SMARTS) is 1. The molecule has 0 aliphatic heterocycles. The van der Waals surface area contributed by atoms with E-state index in [4.69, 9.17) is 5.73 Å². The van der Waals surface area contributed by atoms with Crippen molar-refractivity contribution in [2.75, 3.05) is 13.1 Å². The SMILES string of the molecule is NCC(=O)N[C@H](Cc1ccccc1)C(=O)N[C@H](Cc1ccccc1)C(=O)NCC(=O)N[C@H](Cc1ccccc1)C(=O)O. The highest BCUT2D eigenvalue weighted by Gasteiger charge is 2.28. The van der Waals surface area contributed by atoms with Crippen LogP contribution in [0.15, 0.2) is 91.0 Å². The molecule has 4 amide bonds. The number of carbonyl (C=O) groups excluding carboxylic acids is 4. The summed E-state index contributed by atoms with van der Waals surface area (Å²) in [6, 6.07) is 23.6. The van der Waals surface area contributed by atoms with E-state index in [1.54, 1.807) is 66.7 Å². The summed E-state index contributed by atoms with van der Waals surface area (Å²) >= 11 is 0. The van der Waals surface area contributed by atoms with Gasteiger partial charge in [0.1, 0.15) is 18.1 Å². The highest BCUT2D eigenvalue weighted by atomic mass is 16.4. The Balaban J connectivity index is 1.69. The molecule has 0 radical (unpaired) electrons. The largest absolute Gasteiger partial charge is 0.480 e. The topological polar surface area (TPSA) is 180 Å². The van der Waals surface area contributed by atoms with Crippen molar-refractivity contribution in [2.24, 2.45) is 5.73 Å². The third kappa shape index (κ3) is 10.5. The first-order valence-electron chi connectivity index (χ1n) is 13.5. The molecule has 3 aromatic carbocycles. The Bertz CT molecular complexity index is 1340. The lowest BCUT2D eigenvalue weighted by Gasteiger charge is -2.23. The molecule has 0 spiro atoms. The quantitative estimate of drug-likeness (QED) is 0.152. The first kappa shape index (κ1) is 31.5. The van der Waals surface area contributed by atoms with Crippen LogP contribution in [-0.2, 0) is 43.2 Å². The van der Waals surface area contributed by atoms with Gasteiger partial charge in [-0.2, -0.15) is 0 Å². The molecule has 0 saturated carbocycles. The van der Waals surface area contributed by atoms with E-state index in [0.29, 0.717) is 0 Å². The average Bonchev–Trinajstić information content (AvgIpc) is 3.00. The Hall–Kier alpha value is -5.03. The van der Waals surface area contributed by atoms with Crippen LogP contribution in [-0.4, -0.2) is 65.9 Å². The molecular formula is C31H35N5O6. The van der Waals surface area contributed by atoms with Crippen LogP contribution in [0.25, 0.3) is 0 Å². The Morgan fingerprint density at radius 2 is 0.976 bits per heavy atom. The second-order valence-electron chi connectivity index (χ2n) is 9.63. The lowest BCUT2D eigenvalue weighted by molar-refractivity contribution is -0.141. The highest BCUT2D eigenvalue weighted by Crippen LogP contribution is 2.08. The van der Waals surface area contributed by atoms with Crippen molar-refractivity contribution in [3.63, 3.8) is 0 Å². The fourth-order valence-electron chi connectivity index (χ4n) is 4.23. The maximum absolute atomic E-state index is 13.3. The molecule has 7 N–H and O–H groups in total. The minimum Gasteiger partial charge on any atom is -0.480 e. The predicted molar refractivity (Wildman–Crippen MR) is 156 cm³/mol. The normalized spacial score (nSPS) is 12.7. The number of nitrogens with two attached hydrogens (primary N) is 1. The summed E-state index contributed by atoms with van der Waals surface area (Å²) < 4.78 is 0. The van der Waals surface area contributed by atoms with E-state index in [2.05, 4.69) is 21.3 Å². The molecule has 3 atom stereocenters. The molecule has 0 heterocycles. The van der Waals surface area contributed by atoms with E-state index in [1.165, 1.54) is 0 Å². The minimum atomic E-state index is -1.21. The van der Waals surface area contributed by atoms with E-state index < -0.39 is 54.3 Å². The van der Waals surface area contributed by atoms with E-state index in [1.807, 2.05) is 24.3 Å². The van der Waals surface area contributed by atoms with Crippen LogP contribution >= 0.6 is 0 Å². The van der Waals surface area contributed by atoms with Crippen LogP contribution in [0.5, 0.6) is 0 Å². The fourth-order valence-corrected chi connectivity index (χ4v) is 4.23. The number of nitrogens with one attached hydrogen (secondary N) is 4. The summed E-state index contributed by atoms with van der Waals surface area (Å²) in [5.41, 5.74) is 7.72. The van der Waals surface area contributed by atoms with Gasteiger partial charge < -0.3 is 32.1 Å². The highest BCUT2D eigenvalue weighted by molar-refractivity contribution is 5.94. The first-order chi connectivity index (χ1) is 20.2. The molecule has 11 nitrogen and oxygen atoms in total. The summed E-state index contributed by atoms with van der Waals surface area (Å²) in [6.07, 6.45) is 0.340. The first-order valence-corrected chi connectivity index (χ1v) is 13.5. The summed E-state index contributed by atoms with van der Waals surface area (Å²) in [5, 5.41) is 19.8. The van der Waals surface area contributed by atoms with Crippen LogP contribution in [0.3, 0.4) is 0 Å². The summed E-state index contributed by atoms with van der Waals surface area (Å²) in [5.74, 6) is -3.70. The van der Waals surface area contributed by atoms with Crippen molar-refractivity contribution in [3.8, 4) is 0 Å². The molecular weight excluding hydrogens is 538 g/mol. The molecule has 220 valence electrons. The number of carbonyl (C=O) groups is 5. The molecule has 0 bridgehead atoms. The molecule has 0 aromatic heterocycles. The van der Waals surface area contributed by atoms with E-state index in [-0.39, 0.29) is 25.8 Å². The van der Waals surface area contributed by atoms with Crippen molar-refractivity contribution in [1.82, 2.24) is 21.3 Å². The van der Waals surface area contributed by atoms with Gasteiger partial charge >= 0.3 is 5.97 Å². The number of carboxylic acids is 1. The minimum absolute atomic E-state index is 0.0693. The van der Waals surface area contributed by atoms with Gasteiger partial charge in [0, 0.05) is 19.3 Å². The Kier molecular flexibility index (Phi) is 12.2. The van der Waals surface area contributed by atoms with Crippen LogP contribution < -0.4 is 27.0 Å². The lowest BCUT2D eigenvalue weighted by atomic mass is 10.0. The molecule has 0 saturated heterocycles. The maximum Gasteiger partial charge on any atom is 0.326 e. The third-order valence-electron chi connectivity index (χ3n) is 6.37. The summed E-state index contributed by atoms with van der Waals surface area (Å²) in [6.45, 7) is -0.820. The van der Waals surface area contributed by atoms with Crippen molar-refractivity contribution < 1.29 is 29.1 Å². The number of aliphatic carboxylic acids is 1. The van der Waals surface area contributed by atoms with E-state index in [0.717, 1.165) is 16.7 Å². The smallest absolute Gasteiger partial charge is 0.326 e. The second kappa shape index (κ2) is 16.3. The molecule has 0 aliphatic carbocycles. The molecule has 0 fully saturated rings. The van der Waals surface area contributed by atoms with Gasteiger partial charge in [-0.3, -0.25) is 19.2 Å². The van der Waals surface area contributed by atoms with Gasteiger partial charge in [0.15, 0.2) is 0 Å². The van der Waals surface area contributed by atoms with Crippen molar-refractivity contribution in [2.45, 2.75) is 37.4 Å². The lowest BCUT2D eigenvalue weighted by Crippen LogP contribution is -2.56. The number of benzene rings is 3. The van der Waals surface area contributed by atoms with Gasteiger partial charge in [-0.1, -0.05) is 91.0 Å². The van der Waals surface area contributed by atoms with Gasteiger partial charge in [-0.05, 0) is 16.7 Å². The molecule has 3 rings (SSSR count). The predicted octanol–water partition coefficient (Wildman–Crippen LogP) is 0.328. The maximum atomic E-state index is 13.3. The number of amides is 4. The van der Waals surface area contributed by atoms with Crippen molar-refractivity contribution in [1.29, 1.82) is 0 Å². The van der Waals surface area contributed by atoms with E-state index in [9.17, 15) is 29.1 Å². The van der Waals surface area contributed by atoms with Crippen molar-refractivity contribution in [3.05, 3.63) is 108 Å². The zero-order valence-corrected chi connectivity index (χ0v) is 23.0. The number of hydrogen-bond acceptors (Lipinski definition) is 6. The van der Waals surface area contributed by atoms with Gasteiger partial charge in [-0.25, -0.2) is 4.79 Å². The Morgan fingerprint density at radius 1 is 0.571 bits per heavy atom. The summed E-state index contributed by atoms with van der Waals surface area (Å²) in [7, 11) is 0. The van der Waals surface area contributed by atoms with Crippen LogP contribution in [0.1, 0.15) is 16.7 Å². The number of rotatable bonds is 15. The zero-order valence-electron chi connectivity index (χ0n) is 23.0. The zero-order chi connectivity index (χ0) is 30.3.